The summed E-state index contributed by atoms with van der Waals surface area (Å²) in [5, 5.41) is 11.0. The average molecular weight is 663 g/mol. The van der Waals surface area contributed by atoms with Crippen LogP contribution in [0.3, 0.4) is 0 Å². The van der Waals surface area contributed by atoms with Gasteiger partial charge in [-0.25, -0.2) is 0 Å². The second-order valence-corrected chi connectivity index (χ2v) is 17.7. The summed E-state index contributed by atoms with van der Waals surface area (Å²) >= 11 is -0.914. The molecule has 220 valence electrons. The number of benzene rings is 1. The molecule has 1 aliphatic carbocycles. The number of rotatable bonds is 14. The van der Waals surface area contributed by atoms with Crippen molar-refractivity contribution in [2.75, 3.05) is 6.54 Å². The Bertz CT molecular complexity index is 1250. The van der Waals surface area contributed by atoms with Crippen molar-refractivity contribution in [1.29, 1.82) is 0 Å². The number of likely N-dealkylation sites (tertiary alicyclic amines) is 1. The molecule has 1 spiro atoms. The summed E-state index contributed by atoms with van der Waals surface area (Å²) in [6, 6.07) is 14.9. The van der Waals surface area contributed by atoms with Gasteiger partial charge in [-0.05, 0) is 5.56 Å². The number of ether oxygens (including phenoxy) is 1. The minimum absolute atomic E-state index is 0.0629. The zero-order valence-corrected chi connectivity index (χ0v) is 28.3. The van der Waals surface area contributed by atoms with Gasteiger partial charge in [-0.1, -0.05) is 30.3 Å². The van der Waals surface area contributed by atoms with Gasteiger partial charge in [0.1, 0.15) is 0 Å². The number of fused-ring (bicyclic) bond motifs is 1. The Labute approximate surface area is 256 Å². The third-order valence-corrected chi connectivity index (χ3v) is 14.5. The van der Waals surface area contributed by atoms with Crippen molar-refractivity contribution < 1.29 is 9.53 Å². The molecular weight excluding hydrogens is 615 g/mol. The van der Waals surface area contributed by atoms with Crippen LogP contribution >= 0.6 is 0 Å². The third-order valence-electron chi connectivity index (χ3n) is 9.40. The van der Waals surface area contributed by atoms with Gasteiger partial charge in [-0.15, -0.1) is 0 Å². The van der Waals surface area contributed by atoms with Crippen molar-refractivity contribution in [3.8, 4) is 0 Å². The van der Waals surface area contributed by atoms with Crippen LogP contribution < -0.4 is 3.71 Å². The molecule has 0 unspecified atom stereocenters. The SMILES string of the molecule is CCCC[C](CCCC)(CCCC)[Sn][c]1cc2ccn([C@@H]3CCN(C(=O)OCc4ccccc4)C4(CC4)C3)c2nn1. The van der Waals surface area contributed by atoms with E-state index in [1.807, 2.05) is 35.2 Å². The molecule has 2 fully saturated rings. The molecule has 2 radical (unpaired) electrons. The van der Waals surface area contributed by atoms with Crippen molar-refractivity contribution in [2.24, 2.45) is 0 Å². The molecule has 2 aromatic heterocycles. The Hall–Kier alpha value is -2.09. The van der Waals surface area contributed by atoms with E-state index in [9.17, 15) is 4.79 Å². The first kappa shape index (κ1) is 30.4. The molecule has 5 rings (SSSR count). The molecule has 6 nitrogen and oxygen atoms in total. The van der Waals surface area contributed by atoms with Crippen LogP contribution in [-0.4, -0.2) is 59.0 Å². The Morgan fingerprint density at radius 3 is 2.32 bits per heavy atom. The van der Waals surface area contributed by atoms with E-state index in [1.54, 1.807) is 0 Å². The van der Waals surface area contributed by atoms with Gasteiger partial charge in [-0.3, -0.25) is 0 Å². The second-order valence-electron chi connectivity index (χ2n) is 12.5. The molecule has 3 heterocycles. The predicted octanol–water partition coefficient (Wildman–Crippen LogP) is 8.00. The van der Waals surface area contributed by atoms with Crippen LogP contribution in [0.25, 0.3) is 11.0 Å². The fourth-order valence-electron chi connectivity index (χ4n) is 6.79. The number of carbonyl (C=O) groups excluding carboxylic acids is 1. The number of hydrogen-bond donors (Lipinski definition) is 0. The number of hydrogen-bond acceptors (Lipinski definition) is 4. The Morgan fingerprint density at radius 1 is 1.00 bits per heavy atom. The first-order chi connectivity index (χ1) is 20.0. The molecule has 1 aromatic carbocycles. The van der Waals surface area contributed by atoms with E-state index in [4.69, 9.17) is 14.9 Å². The van der Waals surface area contributed by atoms with E-state index in [1.165, 1.54) is 66.9 Å². The van der Waals surface area contributed by atoms with Crippen molar-refractivity contribution in [3.05, 3.63) is 54.2 Å². The summed E-state index contributed by atoms with van der Waals surface area (Å²) < 4.78 is 9.90. The van der Waals surface area contributed by atoms with Gasteiger partial charge in [0.2, 0.25) is 0 Å². The van der Waals surface area contributed by atoms with Crippen LogP contribution in [0.15, 0.2) is 48.7 Å². The molecule has 1 saturated heterocycles. The van der Waals surface area contributed by atoms with Crippen LogP contribution in [-0.2, 0) is 11.3 Å². The summed E-state index contributed by atoms with van der Waals surface area (Å²) in [6.07, 6.45) is 18.0. The molecule has 3 aromatic rings. The fraction of sp³-hybridized carbons (Fsp3) is 0.618. The van der Waals surface area contributed by atoms with Gasteiger partial charge in [0, 0.05) is 0 Å². The summed E-state index contributed by atoms with van der Waals surface area (Å²) in [7, 11) is 0. The topological polar surface area (TPSA) is 60.2 Å². The van der Waals surface area contributed by atoms with Crippen LogP contribution in [0.2, 0.25) is 3.43 Å². The van der Waals surface area contributed by atoms with E-state index in [0.717, 1.165) is 43.4 Å². The van der Waals surface area contributed by atoms with Gasteiger partial charge in [0.05, 0.1) is 0 Å². The minimum atomic E-state index is -0.914. The molecule has 1 atom stereocenters. The molecule has 1 amide bonds. The summed E-state index contributed by atoms with van der Waals surface area (Å²) in [5.74, 6) is 0. The molecule has 1 aliphatic heterocycles. The van der Waals surface area contributed by atoms with Gasteiger partial charge in [-0.2, -0.15) is 0 Å². The number of amides is 1. The number of unbranched alkanes of at least 4 members (excludes halogenated alkanes) is 3. The number of nitrogens with zero attached hydrogens (tertiary/aromatic N) is 4. The van der Waals surface area contributed by atoms with E-state index >= 15 is 0 Å². The van der Waals surface area contributed by atoms with Gasteiger partial charge in [0.15, 0.2) is 0 Å². The zero-order chi connectivity index (χ0) is 28.7. The van der Waals surface area contributed by atoms with E-state index in [-0.39, 0.29) is 11.6 Å². The molecule has 1 saturated carbocycles. The number of aromatic nitrogens is 3. The van der Waals surface area contributed by atoms with Crippen LogP contribution in [0.4, 0.5) is 4.79 Å². The Morgan fingerprint density at radius 2 is 1.68 bits per heavy atom. The summed E-state index contributed by atoms with van der Waals surface area (Å²) in [5.41, 5.74) is 1.97. The molecule has 0 N–H and O–H groups in total. The van der Waals surface area contributed by atoms with Crippen molar-refractivity contribution in [2.45, 2.75) is 126 Å². The first-order valence-corrected chi connectivity index (χ1v) is 19.0. The van der Waals surface area contributed by atoms with E-state index < -0.39 is 21.1 Å². The maximum absolute atomic E-state index is 13.1. The van der Waals surface area contributed by atoms with Gasteiger partial charge in [0.25, 0.3) is 0 Å². The monoisotopic (exact) mass is 664 g/mol. The van der Waals surface area contributed by atoms with Gasteiger partial charge >= 0.3 is 222 Å². The quantitative estimate of drug-likeness (QED) is 0.164. The summed E-state index contributed by atoms with van der Waals surface area (Å²) in [6.45, 7) is 8.04. The second kappa shape index (κ2) is 13.9. The van der Waals surface area contributed by atoms with Crippen LogP contribution in [0.5, 0.6) is 0 Å². The molecule has 0 bridgehead atoms. The van der Waals surface area contributed by atoms with E-state index in [0.29, 0.717) is 16.1 Å². The number of carbonyl (C=O) groups is 1. The maximum atomic E-state index is 13.1. The molecular formula is C34H48N4O2Sn. The Kier molecular flexibility index (Phi) is 10.3. The average Bonchev–Trinajstić information content (AvgIpc) is 3.63. The normalized spacial score (nSPS) is 18.2. The zero-order valence-electron chi connectivity index (χ0n) is 25.4. The fourth-order valence-corrected chi connectivity index (χ4v) is 11.9. The van der Waals surface area contributed by atoms with Crippen LogP contribution in [0, 0.1) is 0 Å². The van der Waals surface area contributed by atoms with Crippen molar-refractivity contribution in [3.63, 3.8) is 0 Å². The number of piperidine rings is 1. The predicted molar refractivity (Wildman–Crippen MR) is 168 cm³/mol. The molecule has 7 heteroatoms. The standard InChI is InChI=1S/C21H21N4O2.C13H27.Sn/c26-20(27-15-16-4-2-1-3-5-16)25-13-8-18(14-21(25)9-10-21)24-12-7-17-6-11-22-23-19(17)24;1-4-7-10-13(11-8-5-2)12-9-6-3;/h1-7,12,18H,8-10,13-15H2;4-12H2,1-3H3;/t18-;;/m1../s1. The molecule has 2 aliphatic rings. The van der Waals surface area contributed by atoms with E-state index in [2.05, 4.69) is 43.7 Å². The van der Waals surface area contributed by atoms with Crippen LogP contribution in [0.1, 0.15) is 116 Å². The first-order valence-electron chi connectivity index (χ1n) is 16.1. The van der Waals surface area contributed by atoms with Gasteiger partial charge < -0.3 is 0 Å². The van der Waals surface area contributed by atoms with Crippen molar-refractivity contribution in [1.82, 2.24) is 19.7 Å². The van der Waals surface area contributed by atoms with Crippen molar-refractivity contribution >= 4 is 42.0 Å². The third kappa shape index (κ3) is 7.29. The Balaban J connectivity index is 1.27. The molecule has 41 heavy (non-hydrogen) atoms. The summed E-state index contributed by atoms with van der Waals surface area (Å²) in [4.78, 5) is 15.1.